The van der Waals surface area contributed by atoms with Gasteiger partial charge in [-0.2, -0.15) is 5.26 Å². The third-order valence-electron chi connectivity index (χ3n) is 3.99. The lowest BCUT2D eigenvalue weighted by Gasteiger charge is -2.10. The third-order valence-corrected chi connectivity index (χ3v) is 4.23. The normalized spacial score (nSPS) is 11.0. The first-order chi connectivity index (χ1) is 13.5. The average Bonchev–Trinajstić information content (AvgIpc) is 2.69. The van der Waals surface area contributed by atoms with Gasteiger partial charge in [-0.1, -0.05) is 37.8 Å². The molecule has 0 unspecified atom stereocenters. The summed E-state index contributed by atoms with van der Waals surface area (Å²) < 4.78 is 18.8. The van der Waals surface area contributed by atoms with Crippen LogP contribution in [0.2, 0.25) is 5.02 Å². The quantitative estimate of drug-likeness (QED) is 0.319. The van der Waals surface area contributed by atoms with Gasteiger partial charge in [0.1, 0.15) is 23.2 Å². The zero-order chi connectivity index (χ0) is 20.4. The molecule has 0 aliphatic carbocycles. The molecule has 2 aromatic rings. The lowest BCUT2D eigenvalue weighted by molar-refractivity contribution is -0.112. The minimum atomic E-state index is -0.594. The van der Waals surface area contributed by atoms with Crippen LogP contribution in [0.4, 0.5) is 10.1 Å². The second kappa shape index (κ2) is 11.1. The van der Waals surface area contributed by atoms with Crippen LogP contribution in [0.3, 0.4) is 0 Å². The van der Waals surface area contributed by atoms with Gasteiger partial charge in [-0.3, -0.25) is 4.79 Å². The predicted octanol–water partition coefficient (Wildman–Crippen LogP) is 5.98. The molecule has 0 aliphatic rings. The number of benzene rings is 2. The van der Waals surface area contributed by atoms with E-state index in [-0.39, 0.29) is 5.57 Å². The van der Waals surface area contributed by atoms with E-state index in [2.05, 4.69) is 12.2 Å². The first-order valence-corrected chi connectivity index (χ1v) is 9.52. The van der Waals surface area contributed by atoms with Crippen LogP contribution in [0.25, 0.3) is 6.08 Å². The van der Waals surface area contributed by atoms with E-state index in [1.807, 2.05) is 6.07 Å². The zero-order valence-corrected chi connectivity index (χ0v) is 16.4. The highest BCUT2D eigenvalue weighted by molar-refractivity contribution is 6.30. The number of carbonyl (C=O) groups is 1. The summed E-state index contributed by atoms with van der Waals surface area (Å²) in [6, 6.07) is 12.3. The van der Waals surface area contributed by atoms with Crippen molar-refractivity contribution in [2.45, 2.75) is 32.6 Å². The lowest BCUT2D eigenvalue weighted by atomic mass is 10.1. The van der Waals surface area contributed by atoms with Gasteiger partial charge in [0.15, 0.2) is 0 Å². The summed E-state index contributed by atoms with van der Waals surface area (Å²) >= 11 is 6.07. The number of ether oxygens (including phenoxy) is 1. The number of anilines is 1. The molecule has 28 heavy (non-hydrogen) atoms. The number of halogens is 2. The predicted molar refractivity (Wildman–Crippen MR) is 110 cm³/mol. The molecule has 0 aliphatic heterocycles. The smallest absolute Gasteiger partial charge is 0.266 e. The molecule has 0 radical (unpaired) electrons. The number of nitrogens with zero attached hydrogens (tertiary/aromatic N) is 1. The molecule has 0 atom stereocenters. The monoisotopic (exact) mass is 400 g/mol. The molecule has 0 fully saturated rings. The Morgan fingerprint density at radius 2 is 1.96 bits per heavy atom. The minimum Gasteiger partial charge on any atom is -0.493 e. The minimum absolute atomic E-state index is 0.109. The highest BCUT2D eigenvalue weighted by Crippen LogP contribution is 2.26. The van der Waals surface area contributed by atoms with E-state index < -0.39 is 11.7 Å². The fraction of sp³-hybridized carbons (Fsp3) is 0.273. The summed E-state index contributed by atoms with van der Waals surface area (Å²) in [7, 11) is 0. The van der Waals surface area contributed by atoms with Gasteiger partial charge in [-0.25, -0.2) is 4.39 Å². The van der Waals surface area contributed by atoms with Crippen LogP contribution in [0.1, 0.15) is 38.2 Å². The molecular formula is C22H22ClFN2O2. The summed E-state index contributed by atoms with van der Waals surface area (Å²) in [5.41, 5.74) is 0.835. The third kappa shape index (κ3) is 6.71. The lowest BCUT2D eigenvalue weighted by Crippen LogP contribution is -2.13. The van der Waals surface area contributed by atoms with E-state index in [0.29, 0.717) is 28.6 Å². The standard InChI is InChI=1S/C22H22ClFN2O2/c1-2-3-4-5-12-28-21-11-6-18(23)14-16(21)13-17(15-25)22(27)26-20-9-7-19(24)8-10-20/h6-11,13-14H,2-5,12H2,1H3,(H,26,27). The molecular weight excluding hydrogens is 379 g/mol. The van der Waals surface area contributed by atoms with Gasteiger partial charge < -0.3 is 10.1 Å². The number of nitriles is 1. The molecule has 0 bridgehead atoms. The topological polar surface area (TPSA) is 62.1 Å². The van der Waals surface area contributed by atoms with Crippen LogP contribution in [-0.4, -0.2) is 12.5 Å². The van der Waals surface area contributed by atoms with Gasteiger partial charge in [0.25, 0.3) is 5.91 Å². The Morgan fingerprint density at radius 3 is 2.64 bits per heavy atom. The van der Waals surface area contributed by atoms with E-state index in [9.17, 15) is 14.4 Å². The van der Waals surface area contributed by atoms with Gasteiger partial charge in [-0.15, -0.1) is 0 Å². The molecule has 0 saturated carbocycles. The molecule has 6 heteroatoms. The molecule has 0 saturated heterocycles. The summed E-state index contributed by atoms with van der Waals surface area (Å²) in [5.74, 6) is -0.445. The van der Waals surface area contributed by atoms with E-state index >= 15 is 0 Å². The largest absolute Gasteiger partial charge is 0.493 e. The second-order valence-electron chi connectivity index (χ2n) is 6.22. The van der Waals surface area contributed by atoms with Crippen molar-refractivity contribution in [3.8, 4) is 11.8 Å². The number of carbonyl (C=O) groups excluding carboxylic acids is 1. The van der Waals surface area contributed by atoms with Gasteiger partial charge >= 0.3 is 0 Å². The summed E-state index contributed by atoms with van der Waals surface area (Å²) in [5, 5.41) is 12.4. The molecule has 0 heterocycles. The first-order valence-electron chi connectivity index (χ1n) is 9.14. The molecule has 1 N–H and O–H groups in total. The molecule has 2 aromatic carbocycles. The van der Waals surface area contributed by atoms with Crippen molar-refractivity contribution in [3.05, 3.63) is 64.4 Å². The first kappa shape index (κ1) is 21.5. The number of hydrogen-bond acceptors (Lipinski definition) is 3. The Morgan fingerprint density at radius 1 is 1.21 bits per heavy atom. The average molecular weight is 401 g/mol. The van der Waals surface area contributed by atoms with Crippen molar-refractivity contribution < 1.29 is 13.9 Å². The Balaban J connectivity index is 2.15. The number of nitrogens with one attached hydrogen (secondary N) is 1. The fourth-order valence-electron chi connectivity index (χ4n) is 2.51. The van der Waals surface area contributed by atoms with Crippen molar-refractivity contribution in [3.63, 3.8) is 0 Å². The van der Waals surface area contributed by atoms with E-state index in [0.717, 1.165) is 25.7 Å². The molecule has 2 rings (SSSR count). The molecule has 4 nitrogen and oxygen atoms in total. The number of unbranched alkanes of at least 4 members (excludes halogenated alkanes) is 3. The van der Waals surface area contributed by atoms with Gasteiger partial charge in [0.2, 0.25) is 0 Å². The number of amides is 1. The van der Waals surface area contributed by atoms with Crippen LogP contribution in [0.15, 0.2) is 48.0 Å². The van der Waals surface area contributed by atoms with Crippen LogP contribution in [-0.2, 0) is 4.79 Å². The SMILES string of the molecule is CCCCCCOc1ccc(Cl)cc1C=C(C#N)C(=O)Nc1ccc(F)cc1. The summed E-state index contributed by atoms with van der Waals surface area (Å²) in [4.78, 5) is 12.4. The maximum atomic E-state index is 13.0. The Hall–Kier alpha value is -2.84. The highest BCUT2D eigenvalue weighted by Gasteiger charge is 2.12. The van der Waals surface area contributed by atoms with Crippen LogP contribution in [0.5, 0.6) is 5.75 Å². The van der Waals surface area contributed by atoms with Crippen molar-refractivity contribution in [2.75, 3.05) is 11.9 Å². The highest BCUT2D eigenvalue weighted by atomic mass is 35.5. The summed E-state index contributed by atoms with van der Waals surface area (Å²) in [6.45, 7) is 2.69. The van der Waals surface area contributed by atoms with Crippen molar-refractivity contribution in [1.29, 1.82) is 5.26 Å². The van der Waals surface area contributed by atoms with Gasteiger partial charge in [0.05, 0.1) is 6.61 Å². The van der Waals surface area contributed by atoms with Crippen molar-refractivity contribution >= 4 is 29.3 Å². The maximum absolute atomic E-state index is 13.0. The Bertz CT molecular complexity index is 873. The van der Waals surface area contributed by atoms with Gasteiger partial charge in [-0.05, 0) is 55.0 Å². The van der Waals surface area contributed by atoms with E-state index in [1.54, 1.807) is 18.2 Å². The van der Waals surface area contributed by atoms with Crippen molar-refractivity contribution in [1.82, 2.24) is 0 Å². The van der Waals surface area contributed by atoms with Crippen LogP contribution in [0, 0.1) is 17.1 Å². The molecule has 1 amide bonds. The zero-order valence-electron chi connectivity index (χ0n) is 15.7. The van der Waals surface area contributed by atoms with E-state index in [4.69, 9.17) is 16.3 Å². The van der Waals surface area contributed by atoms with E-state index in [1.165, 1.54) is 30.3 Å². The summed E-state index contributed by atoms with van der Waals surface area (Å²) in [6.07, 6.45) is 5.74. The van der Waals surface area contributed by atoms with Crippen LogP contribution >= 0.6 is 11.6 Å². The maximum Gasteiger partial charge on any atom is 0.266 e. The number of rotatable bonds is 9. The van der Waals surface area contributed by atoms with Crippen LogP contribution < -0.4 is 10.1 Å². The Labute approximate surface area is 169 Å². The molecule has 146 valence electrons. The number of hydrogen-bond donors (Lipinski definition) is 1. The fourth-order valence-corrected chi connectivity index (χ4v) is 2.69. The Kier molecular flexibility index (Phi) is 8.51. The molecule has 0 aromatic heterocycles. The molecule has 0 spiro atoms. The second-order valence-corrected chi connectivity index (χ2v) is 6.66. The van der Waals surface area contributed by atoms with Crippen molar-refractivity contribution in [2.24, 2.45) is 0 Å². The van der Waals surface area contributed by atoms with Gasteiger partial charge in [0, 0.05) is 16.3 Å².